The summed E-state index contributed by atoms with van der Waals surface area (Å²) in [6.45, 7) is 1.67. The zero-order valence-electron chi connectivity index (χ0n) is 14.1. The summed E-state index contributed by atoms with van der Waals surface area (Å²) >= 11 is 0. The van der Waals surface area contributed by atoms with E-state index in [0.717, 1.165) is 56.3 Å². The third kappa shape index (κ3) is 2.61. The molecule has 132 valence electrons. The molecule has 2 atom stereocenters. The van der Waals surface area contributed by atoms with Crippen molar-refractivity contribution in [2.24, 2.45) is 0 Å². The van der Waals surface area contributed by atoms with Crippen molar-refractivity contribution in [1.82, 2.24) is 5.32 Å². The average Bonchev–Trinajstić information content (AvgIpc) is 2.87. The first-order valence-corrected chi connectivity index (χ1v) is 9.15. The maximum Gasteiger partial charge on any atom is 0.418 e. The van der Waals surface area contributed by atoms with E-state index in [1.807, 2.05) is 11.9 Å². The van der Waals surface area contributed by atoms with Crippen LogP contribution in [0.3, 0.4) is 0 Å². The monoisotopic (exact) mass is 338 g/mol. The Kier molecular flexibility index (Phi) is 4.02. The Hall–Kier alpha value is -1.23. The number of nitrogens with one attached hydrogen (secondary N) is 1. The number of rotatable bonds is 1. The van der Waals surface area contributed by atoms with E-state index in [1.54, 1.807) is 0 Å². The Labute approximate surface area is 141 Å². The third-order valence-electron chi connectivity index (χ3n) is 6.24. The largest absolute Gasteiger partial charge is 0.418 e. The van der Waals surface area contributed by atoms with Crippen molar-refractivity contribution >= 4 is 5.69 Å². The predicted molar refractivity (Wildman–Crippen MR) is 89.7 cm³/mol. The van der Waals surface area contributed by atoms with Gasteiger partial charge in [0.15, 0.2) is 0 Å². The van der Waals surface area contributed by atoms with Crippen LogP contribution in [0, 0.1) is 0 Å². The summed E-state index contributed by atoms with van der Waals surface area (Å²) in [5, 5.41) is 3.37. The summed E-state index contributed by atoms with van der Waals surface area (Å²) < 4.78 is 41.4. The summed E-state index contributed by atoms with van der Waals surface area (Å²) in [6, 6.07) is 3.76. The van der Waals surface area contributed by atoms with Crippen LogP contribution in [0.4, 0.5) is 18.9 Å². The van der Waals surface area contributed by atoms with Gasteiger partial charge in [-0.1, -0.05) is 25.3 Å². The molecule has 1 aromatic rings. The van der Waals surface area contributed by atoms with Gasteiger partial charge in [0.1, 0.15) is 0 Å². The summed E-state index contributed by atoms with van der Waals surface area (Å²) in [7, 11) is 1.84. The van der Waals surface area contributed by atoms with E-state index < -0.39 is 11.7 Å². The van der Waals surface area contributed by atoms with Crippen LogP contribution in [0.15, 0.2) is 12.1 Å². The molecular weight excluding hydrogens is 313 g/mol. The first-order chi connectivity index (χ1) is 11.5. The molecule has 1 aromatic carbocycles. The molecule has 0 spiro atoms. The molecule has 2 nitrogen and oxygen atoms in total. The zero-order chi connectivity index (χ0) is 16.9. The van der Waals surface area contributed by atoms with E-state index >= 15 is 0 Å². The Morgan fingerprint density at radius 2 is 1.83 bits per heavy atom. The first-order valence-electron chi connectivity index (χ1n) is 9.15. The van der Waals surface area contributed by atoms with Gasteiger partial charge in [-0.3, -0.25) is 0 Å². The second-order valence-electron chi connectivity index (χ2n) is 7.62. The molecule has 24 heavy (non-hydrogen) atoms. The van der Waals surface area contributed by atoms with Crippen molar-refractivity contribution < 1.29 is 13.2 Å². The standard InChI is InChI=1S/C19H25F3N2/c1-24-17-7-8-23-11-15(17)14-9-13(12-5-3-2-4-6-12)10-16(18(14)24)19(20,21)22/h9-10,12,15,17,23H,2-8,11H2,1H3/t15-,17-/m0/s1. The van der Waals surface area contributed by atoms with Gasteiger partial charge in [-0.05, 0) is 48.9 Å². The summed E-state index contributed by atoms with van der Waals surface area (Å²) in [4.78, 5) is 1.90. The second kappa shape index (κ2) is 5.94. The number of halogens is 3. The van der Waals surface area contributed by atoms with Gasteiger partial charge in [-0.25, -0.2) is 0 Å². The van der Waals surface area contributed by atoms with Gasteiger partial charge in [0.2, 0.25) is 0 Å². The molecule has 0 bridgehead atoms. The molecule has 4 rings (SSSR count). The van der Waals surface area contributed by atoms with Gasteiger partial charge < -0.3 is 10.2 Å². The molecule has 0 amide bonds. The summed E-state index contributed by atoms with van der Waals surface area (Å²) in [5.41, 5.74) is 1.85. The van der Waals surface area contributed by atoms with Crippen LogP contribution in [0.1, 0.15) is 67.1 Å². The highest BCUT2D eigenvalue weighted by molar-refractivity contribution is 5.68. The van der Waals surface area contributed by atoms with Gasteiger partial charge in [0.25, 0.3) is 0 Å². The minimum Gasteiger partial charge on any atom is -0.370 e. The maximum atomic E-state index is 13.8. The lowest BCUT2D eigenvalue weighted by Crippen LogP contribution is -2.42. The topological polar surface area (TPSA) is 15.3 Å². The van der Waals surface area contributed by atoms with Crippen LogP contribution in [0.5, 0.6) is 0 Å². The molecule has 0 unspecified atom stereocenters. The van der Waals surface area contributed by atoms with Crippen molar-refractivity contribution in [2.45, 2.75) is 62.6 Å². The SMILES string of the molecule is CN1c2c(cc(C3CCCCC3)cc2C(F)(F)F)[C@@H]2CNCC[C@@H]21. The van der Waals surface area contributed by atoms with Crippen LogP contribution in [0.25, 0.3) is 0 Å². The summed E-state index contributed by atoms with van der Waals surface area (Å²) in [6.07, 6.45) is 2.16. The van der Waals surface area contributed by atoms with E-state index in [9.17, 15) is 13.2 Å². The average molecular weight is 338 g/mol. The Morgan fingerprint density at radius 1 is 1.08 bits per heavy atom. The van der Waals surface area contributed by atoms with Gasteiger partial charge >= 0.3 is 6.18 Å². The molecular formula is C19H25F3N2. The van der Waals surface area contributed by atoms with Crippen molar-refractivity contribution in [3.05, 3.63) is 28.8 Å². The minimum absolute atomic E-state index is 0.184. The number of benzene rings is 1. The number of likely N-dealkylation sites (N-methyl/N-ethyl adjacent to an activating group) is 1. The normalized spacial score (nSPS) is 27.9. The van der Waals surface area contributed by atoms with Crippen LogP contribution < -0.4 is 10.2 Å². The number of anilines is 1. The fraction of sp³-hybridized carbons (Fsp3) is 0.684. The van der Waals surface area contributed by atoms with E-state index in [1.165, 1.54) is 12.5 Å². The maximum absolute atomic E-state index is 13.8. The molecule has 2 fully saturated rings. The number of fused-ring (bicyclic) bond motifs is 3. The van der Waals surface area contributed by atoms with Gasteiger partial charge in [-0.2, -0.15) is 13.2 Å². The quantitative estimate of drug-likeness (QED) is 0.802. The molecule has 0 radical (unpaired) electrons. The Bertz CT molecular complexity index is 620. The highest BCUT2D eigenvalue weighted by Crippen LogP contribution is 2.50. The Balaban J connectivity index is 1.83. The fourth-order valence-electron chi connectivity index (χ4n) is 5.04. The van der Waals surface area contributed by atoms with Gasteiger partial charge in [0.05, 0.1) is 11.3 Å². The second-order valence-corrected chi connectivity index (χ2v) is 7.62. The van der Waals surface area contributed by atoms with Gasteiger partial charge in [0, 0.05) is 25.6 Å². The number of nitrogens with zero attached hydrogens (tertiary/aromatic N) is 1. The fourth-order valence-corrected chi connectivity index (χ4v) is 5.04. The highest BCUT2D eigenvalue weighted by Gasteiger charge is 2.45. The van der Waals surface area contributed by atoms with Crippen LogP contribution in [-0.2, 0) is 6.18 Å². The molecule has 3 aliphatic rings. The molecule has 5 heteroatoms. The van der Waals surface area contributed by atoms with Crippen LogP contribution >= 0.6 is 0 Å². The van der Waals surface area contributed by atoms with E-state index in [4.69, 9.17) is 0 Å². The molecule has 1 saturated heterocycles. The van der Waals surface area contributed by atoms with Crippen molar-refractivity contribution in [1.29, 1.82) is 0 Å². The third-order valence-corrected chi connectivity index (χ3v) is 6.24. The van der Waals surface area contributed by atoms with Crippen molar-refractivity contribution in [2.75, 3.05) is 25.0 Å². The van der Waals surface area contributed by atoms with Crippen molar-refractivity contribution in [3.63, 3.8) is 0 Å². The molecule has 1 aliphatic carbocycles. The summed E-state index contributed by atoms with van der Waals surface area (Å²) in [5.74, 6) is 0.481. The zero-order valence-corrected chi connectivity index (χ0v) is 14.1. The van der Waals surface area contributed by atoms with Crippen LogP contribution in [0.2, 0.25) is 0 Å². The first kappa shape index (κ1) is 16.2. The number of hydrogen-bond acceptors (Lipinski definition) is 2. The highest BCUT2D eigenvalue weighted by atomic mass is 19.4. The lowest BCUT2D eigenvalue weighted by atomic mass is 9.81. The predicted octanol–water partition coefficient (Wildman–Crippen LogP) is 4.65. The lowest BCUT2D eigenvalue weighted by molar-refractivity contribution is -0.137. The molecule has 1 N–H and O–H groups in total. The van der Waals surface area contributed by atoms with Gasteiger partial charge in [-0.15, -0.1) is 0 Å². The van der Waals surface area contributed by atoms with E-state index in [-0.39, 0.29) is 12.0 Å². The molecule has 0 aromatic heterocycles. The number of hydrogen-bond donors (Lipinski definition) is 1. The number of alkyl halides is 3. The molecule has 2 heterocycles. The Morgan fingerprint density at radius 3 is 2.54 bits per heavy atom. The molecule has 2 aliphatic heterocycles. The van der Waals surface area contributed by atoms with E-state index in [0.29, 0.717) is 11.6 Å². The van der Waals surface area contributed by atoms with Crippen molar-refractivity contribution in [3.8, 4) is 0 Å². The minimum atomic E-state index is -4.29. The smallest absolute Gasteiger partial charge is 0.370 e. The number of piperidine rings is 1. The lowest BCUT2D eigenvalue weighted by Gasteiger charge is -2.31. The van der Waals surface area contributed by atoms with Crippen LogP contribution in [-0.4, -0.2) is 26.2 Å². The molecule has 1 saturated carbocycles. The van der Waals surface area contributed by atoms with E-state index in [2.05, 4.69) is 11.4 Å².